The normalized spacial score (nSPS) is 14.3. The van der Waals surface area contributed by atoms with Gasteiger partial charge in [0.05, 0.1) is 7.11 Å². The number of nitrogens with zero attached hydrogens (tertiary/aromatic N) is 1. The highest BCUT2D eigenvalue weighted by atomic mass is 16.5. The van der Waals surface area contributed by atoms with Gasteiger partial charge in [-0.05, 0) is 24.1 Å². The van der Waals surface area contributed by atoms with Gasteiger partial charge in [0.25, 0.3) is 0 Å². The van der Waals surface area contributed by atoms with E-state index in [2.05, 4.69) is 5.32 Å². The molecule has 5 heteroatoms. The van der Waals surface area contributed by atoms with E-state index >= 15 is 0 Å². The number of rotatable bonds is 5. The van der Waals surface area contributed by atoms with Crippen molar-refractivity contribution >= 4 is 11.7 Å². The van der Waals surface area contributed by atoms with E-state index < -0.39 is 0 Å². The van der Waals surface area contributed by atoms with E-state index in [4.69, 9.17) is 9.47 Å². The van der Waals surface area contributed by atoms with Gasteiger partial charge in [0.1, 0.15) is 6.61 Å². The number of nitrogens with one attached hydrogen (secondary N) is 1. The molecule has 0 bridgehead atoms. The molecule has 1 saturated heterocycles. The van der Waals surface area contributed by atoms with Crippen LogP contribution in [-0.4, -0.2) is 26.2 Å². The number of ether oxygens (including phenoxy) is 2. The molecule has 1 heterocycles. The highest BCUT2D eigenvalue weighted by molar-refractivity contribution is 5.93. The van der Waals surface area contributed by atoms with Crippen molar-refractivity contribution in [1.29, 1.82) is 0 Å². The van der Waals surface area contributed by atoms with Crippen LogP contribution in [-0.2, 0) is 6.61 Å². The third-order valence-corrected chi connectivity index (χ3v) is 3.78. The molecule has 0 saturated carbocycles. The fourth-order valence-electron chi connectivity index (χ4n) is 2.56. The minimum atomic E-state index is -0.0737. The summed E-state index contributed by atoms with van der Waals surface area (Å²) in [7, 11) is 1.61. The van der Waals surface area contributed by atoms with E-state index in [1.54, 1.807) is 12.0 Å². The highest BCUT2D eigenvalue weighted by Crippen LogP contribution is 2.33. The van der Waals surface area contributed by atoms with Crippen molar-refractivity contribution in [2.75, 3.05) is 25.1 Å². The predicted octanol–water partition coefficient (Wildman–Crippen LogP) is 3.19. The Bertz CT molecular complexity index is 673. The molecule has 1 aliphatic heterocycles. The molecule has 2 amide bonds. The molecule has 0 radical (unpaired) electrons. The lowest BCUT2D eigenvalue weighted by Crippen LogP contribution is -2.46. The number of amides is 2. The summed E-state index contributed by atoms with van der Waals surface area (Å²) in [5.41, 5.74) is 1.89. The summed E-state index contributed by atoms with van der Waals surface area (Å²) < 4.78 is 11.3. The molecule has 2 aromatic carbocycles. The number of methoxy groups -OCH3 is 1. The van der Waals surface area contributed by atoms with Gasteiger partial charge in [0, 0.05) is 24.8 Å². The van der Waals surface area contributed by atoms with Gasteiger partial charge < -0.3 is 14.8 Å². The zero-order valence-corrected chi connectivity index (χ0v) is 13.1. The summed E-state index contributed by atoms with van der Waals surface area (Å²) in [5, 5.41) is 2.85. The van der Waals surface area contributed by atoms with Gasteiger partial charge in [0.15, 0.2) is 11.5 Å². The fourth-order valence-corrected chi connectivity index (χ4v) is 2.56. The second-order valence-electron chi connectivity index (χ2n) is 5.35. The fraction of sp³-hybridized carbons (Fsp3) is 0.278. The molecule has 1 fully saturated rings. The van der Waals surface area contributed by atoms with E-state index in [9.17, 15) is 4.79 Å². The van der Waals surface area contributed by atoms with Crippen LogP contribution in [0.15, 0.2) is 48.5 Å². The maximum Gasteiger partial charge on any atom is 0.321 e. The Hall–Kier alpha value is -2.69. The number of urea groups is 1. The van der Waals surface area contributed by atoms with Crippen molar-refractivity contribution in [2.24, 2.45) is 0 Å². The zero-order valence-electron chi connectivity index (χ0n) is 13.1. The monoisotopic (exact) mass is 312 g/mol. The Morgan fingerprint density at radius 2 is 1.96 bits per heavy atom. The Morgan fingerprint density at radius 1 is 1.13 bits per heavy atom. The summed E-state index contributed by atoms with van der Waals surface area (Å²) in [6.07, 6.45) is 0.929. The Labute approximate surface area is 135 Å². The Balaban J connectivity index is 1.80. The molecular weight excluding hydrogens is 292 g/mol. The van der Waals surface area contributed by atoms with E-state index in [1.165, 1.54) is 0 Å². The van der Waals surface area contributed by atoms with E-state index in [1.807, 2.05) is 48.5 Å². The zero-order chi connectivity index (χ0) is 16.1. The molecule has 0 spiro atoms. The molecule has 0 aliphatic carbocycles. The minimum absolute atomic E-state index is 0.0737. The maximum atomic E-state index is 12.0. The first-order valence-corrected chi connectivity index (χ1v) is 7.68. The van der Waals surface area contributed by atoms with Gasteiger partial charge in [-0.25, -0.2) is 4.79 Å². The van der Waals surface area contributed by atoms with Crippen molar-refractivity contribution in [2.45, 2.75) is 13.0 Å². The van der Waals surface area contributed by atoms with Gasteiger partial charge in [0.2, 0.25) is 0 Å². The molecule has 23 heavy (non-hydrogen) atoms. The highest BCUT2D eigenvalue weighted by Gasteiger charge is 2.20. The third kappa shape index (κ3) is 3.56. The van der Waals surface area contributed by atoms with Gasteiger partial charge in [-0.15, -0.1) is 0 Å². The number of anilines is 1. The standard InChI is InChI=1S/C18H20N2O3/c1-22-16-9-8-15(20-11-5-10-19-18(20)21)12-17(16)23-13-14-6-3-2-4-7-14/h2-4,6-9,12H,5,10-11,13H2,1H3,(H,19,21). The van der Waals surface area contributed by atoms with Crippen LogP contribution >= 0.6 is 0 Å². The molecule has 5 nitrogen and oxygen atoms in total. The quantitative estimate of drug-likeness (QED) is 0.922. The van der Waals surface area contributed by atoms with E-state index in [0.29, 0.717) is 24.7 Å². The van der Waals surface area contributed by atoms with Crippen molar-refractivity contribution in [3.05, 3.63) is 54.1 Å². The molecular formula is C18H20N2O3. The van der Waals surface area contributed by atoms with Crippen LogP contribution in [0.4, 0.5) is 10.5 Å². The largest absolute Gasteiger partial charge is 0.493 e. The Kier molecular flexibility index (Phi) is 4.66. The van der Waals surface area contributed by atoms with Crippen molar-refractivity contribution in [3.8, 4) is 11.5 Å². The molecule has 3 rings (SSSR count). The molecule has 1 N–H and O–H groups in total. The van der Waals surface area contributed by atoms with Crippen LogP contribution in [0.1, 0.15) is 12.0 Å². The van der Waals surface area contributed by atoms with Crippen molar-refractivity contribution in [1.82, 2.24) is 5.32 Å². The minimum Gasteiger partial charge on any atom is -0.493 e. The van der Waals surface area contributed by atoms with Crippen LogP contribution in [0.25, 0.3) is 0 Å². The maximum absolute atomic E-state index is 12.0. The molecule has 2 aromatic rings. The lowest BCUT2D eigenvalue weighted by Gasteiger charge is -2.28. The molecule has 120 valence electrons. The Morgan fingerprint density at radius 3 is 2.70 bits per heavy atom. The SMILES string of the molecule is COc1ccc(N2CCCNC2=O)cc1OCc1ccccc1. The van der Waals surface area contributed by atoms with Crippen LogP contribution in [0.3, 0.4) is 0 Å². The molecule has 0 aromatic heterocycles. The first kappa shape index (κ1) is 15.2. The number of benzene rings is 2. The van der Waals surface area contributed by atoms with Crippen LogP contribution < -0.4 is 19.7 Å². The first-order valence-electron chi connectivity index (χ1n) is 7.68. The number of carbonyl (C=O) groups excluding carboxylic acids is 1. The van der Waals surface area contributed by atoms with Crippen LogP contribution in [0.5, 0.6) is 11.5 Å². The topological polar surface area (TPSA) is 50.8 Å². The van der Waals surface area contributed by atoms with Crippen LogP contribution in [0.2, 0.25) is 0 Å². The molecule has 0 atom stereocenters. The second-order valence-corrected chi connectivity index (χ2v) is 5.35. The average molecular weight is 312 g/mol. The summed E-state index contributed by atoms with van der Waals surface area (Å²) in [6, 6.07) is 15.4. The van der Waals surface area contributed by atoms with Gasteiger partial charge in [-0.1, -0.05) is 30.3 Å². The summed E-state index contributed by atoms with van der Waals surface area (Å²) in [6.45, 7) is 1.88. The second kappa shape index (κ2) is 7.05. The lowest BCUT2D eigenvalue weighted by atomic mass is 10.2. The summed E-state index contributed by atoms with van der Waals surface area (Å²) in [5.74, 6) is 1.29. The summed E-state index contributed by atoms with van der Waals surface area (Å²) in [4.78, 5) is 13.7. The smallest absolute Gasteiger partial charge is 0.321 e. The average Bonchev–Trinajstić information content (AvgIpc) is 2.61. The number of hydrogen-bond acceptors (Lipinski definition) is 3. The first-order chi connectivity index (χ1) is 11.3. The number of carbonyl (C=O) groups is 1. The van der Waals surface area contributed by atoms with Gasteiger partial charge in [-0.2, -0.15) is 0 Å². The molecule has 1 aliphatic rings. The third-order valence-electron chi connectivity index (χ3n) is 3.78. The van der Waals surface area contributed by atoms with E-state index in [-0.39, 0.29) is 6.03 Å². The number of hydrogen-bond donors (Lipinski definition) is 1. The van der Waals surface area contributed by atoms with Crippen molar-refractivity contribution in [3.63, 3.8) is 0 Å². The van der Waals surface area contributed by atoms with Crippen molar-refractivity contribution < 1.29 is 14.3 Å². The predicted molar refractivity (Wildman–Crippen MR) is 89.1 cm³/mol. The van der Waals surface area contributed by atoms with Gasteiger partial charge in [-0.3, -0.25) is 4.90 Å². The molecule has 0 unspecified atom stereocenters. The van der Waals surface area contributed by atoms with Crippen LogP contribution in [0, 0.1) is 0 Å². The van der Waals surface area contributed by atoms with E-state index in [0.717, 1.165) is 24.2 Å². The lowest BCUT2D eigenvalue weighted by molar-refractivity contribution is 0.242. The van der Waals surface area contributed by atoms with Gasteiger partial charge >= 0.3 is 6.03 Å². The summed E-state index contributed by atoms with van der Waals surface area (Å²) >= 11 is 0.